The third-order valence-electron chi connectivity index (χ3n) is 3.56. The van der Waals surface area contributed by atoms with Crippen molar-refractivity contribution in [2.45, 2.75) is 64.1 Å². The summed E-state index contributed by atoms with van der Waals surface area (Å²) >= 11 is 0. The third-order valence-corrected chi connectivity index (χ3v) is 3.56. The quantitative estimate of drug-likeness (QED) is 0.671. The van der Waals surface area contributed by atoms with Crippen molar-refractivity contribution in [1.29, 1.82) is 0 Å². The predicted octanol–water partition coefficient (Wildman–Crippen LogP) is 2.07. The Hall–Kier alpha value is -0.850. The Kier molecular flexibility index (Phi) is 8.75. The molecule has 0 radical (unpaired) electrons. The van der Waals surface area contributed by atoms with Crippen LogP contribution in [0.4, 0.5) is 4.79 Å². The van der Waals surface area contributed by atoms with Gasteiger partial charge in [0.15, 0.2) is 0 Å². The van der Waals surface area contributed by atoms with Gasteiger partial charge in [0.2, 0.25) is 0 Å². The molecule has 130 valence electrons. The van der Waals surface area contributed by atoms with Crippen LogP contribution in [-0.4, -0.2) is 57.3 Å². The summed E-state index contributed by atoms with van der Waals surface area (Å²) in [6.45, 7) is 8.48. The Morgan fingerprint density at radius 1 is 1.05 bits per heavy atom. The van der Waals surface area contributed by atoms with Crippen molar-refractivity contribution in [2.24, 2.45) is 0 Å². The third kappa shape index (κ3) is 9.23. The van der Waals surface area contributed by atoms with E-state index in [1.165, 1.54) is 0 Å². The van der Waals surface area contributed by atoms with Gasteiger partial charge in [0.05, 0.1) is 19.8 Å². The van der Waals surface area contributed by atoms with Gasteiger partial charge in [-0.05, 0) is 46.5 Å². The molecule has 0 spiro atoms. The summed E-state index contributed by atoms with van der Waals surface area (Å²) in [6.07, 6.45) is 3.80. The maximum absolute atomic E-state index is 11.7. The van der Waals surface area contributed by atoms with Gasteiger partial charge in [-0.2, -0.15) is 0 Å². The van der Waals surface area contributed by atoms with Gasteiger partial charge >= 0.3 is 6.09 Å². The minimum Gasteiger partial charge on any atom is -0.444 e. The predicted molar refractivity (Wildman–Crippen MR) is 86.1 cm³/mol. The summed E-state index contributed by atoms with van der Waals surface area (Å²) < 4.78 is 15.6. The Morgan fingerprint density at radius 3 is 2.27 bits per heavy atom. The molecule has 0 heterocycles. The molecular formula is C16H32N2O4. The van der Waals surface area contributed by atoms with E-state index >= 15 is 0 Å². The van der Waals surface area contributed by atoms with E-state index in [1.807, 2.05) is 20.8 Å². The van der Waals surface area contributed by atoms with Crippen LogP contribution in [0.25, 0.3) is 0 Å². The number of ether oxygens (including phenoxy) is 3. The molecule has 0 aromatic heterocycles. The number of alkyl carbamates (subject to hydrolysis) is 1. The van der Waals surface area contributed by atoms with Crippen LogP contribution >= 0.6 is 0 Å². The molecule has 1 amide bonds. The number of carbonyl (C=O) groups excluding carboxylic acids is 1. The molecule has 2 N–H and O–H groups in total. The second-order valence-electron chi connectivity index (χ2n) is 6.75. The molecule has 1 rings (SSSR count). The molecule has 6 nitrogen and oxygen atoms in total. The van der Waals surface area contributed by atoms with Gasteiger partial charge in [0.1, 0.15) is 5.60 Å². The Labute approximate surface area is 134 Å². The molecule has 0 aromatic rings. The SMILES string of the molecule is COCCOCCN[C@H]1CC[C@H](NC(=O)OC(C)(C)C)CC1. The second-order valence-corrected chi connectivity index (χ2v) is 6.75. The molecule has 0 saturated heterocycles. The van der Waals surface area contributed by atoms with Crippen LogP contribution in [0, 0.1) is 0 Å². The van der Waals surface area contributed by atoms with Gasteiger partial charge in [0, 0.05) is 25.7 Å². The topological polar surface area (TPSA) is 68.8 Å². The van der Waals surface area contributed by atoms with E-state index in [0.717, 1.165) is 32.2 Å². The van der Waals surface area contributed by atoms with Gasteiger partial charge in [-0.15, -0.1) is 0 Å². The number of amides is 1. The zero-order valence-corrected chi connectivity index (χ0v) is 14.4. The summed E-state index contributed by atoms with van der Waals surface area (Å²) in [5.74, 6) is 0. The summed E-state index contributed by atoms with van der Waals surface area (Å²) in [5.41, 5.74) is -0.439. The lowest BCUT2D eigenvalue weighted by molar-refractivity contribution is 0.0488. The standard InChI is InChI=1S/C16H32N2O4/c1-16(2,3)22-15(19)18-14-7-5-13(6-8-14)17-9-10-21-12-11-20-4/h13-14,17H,5-12H2,1-4H3,(H,18,19)/t13-,14-. The lowest BCUT2D eigenvalue weighted by Gasteiger charge is -2.30. The highest BCUT2D eigenvalue weighted by atomic mass is 16.6. The van der Waals surface area contributed by atoms with Crippen molar-refractivity contribution in [3.05, 3.63) is 0 Å². The van der Waals surface area contributed by atoms with Crippen LogP contribution in [0.1, 0.15) is 46.5 Å². The minimum atomic E-state index is -0.439. The van der Waals surface area contributed by atoms with Crippen molar-refractivity contribution in [3.63, 3.8) is 0 Å². The smallest absolute Gasteiger partial charge is 0.407 e. The number of hydrogen-bond donors (Lipinski definition) is 2. The zero-order valence-electron chi connectivity index (χ0n) is 14.4. The fraction of sp³-hybridized carbons (Fsp3) is 0.938. The van der Waals surface area contributed by atoms with E-state index in [2.05, 4.69) is 10.6 Å². The molecule has 1 saturated carbocycles. The minimum absolute atomic E-state index is 0.228. The highest BCUT2D eigenvalue weighted by molar-refractivity contribution is 5.68. The fourth-order valence-corrected chi connectivity index (χ4v) is 2.50. The van der Waals surface area contributed by atoms with Crippen molar-refractivity contribution in [3.8, 4) is 0 Å². The number of nitrogens with one attached hydrogen (secondary N) is 2. The zero-order chi connectivity index (χ0) is 16.4. The van der Waals surface area contributed by atoms with Gasteiger partial charge in [0.25, 0.3) is 0 Å². The molecular weight excluding hydrogens is 284 g/mol. The molecule has 0 atom stereocenters. The largest absolute Gasteiger partial charge is 0.444 e. The van der Waals surface area contributed by atoms with E-state index in [9.17, 15) is 4.79 Å². The van der Waals surface area contributed by atoms with Crippen molar-refractivity contribution < 1.29 is 19.0 Å². The molecule has 1 aliphatic carbocycles. The van der Waals surface area contributed by atoms with Gasteiger partial charge in [-0.3, -0.25) is 0 Å². The molecule has 0 aliphatic heterocycles. The van der Waals surface area contributed by atoms with E-state index < -0.39 is 5.60 Å². The van der Waals surface area contributed by atoms with Gasteiger partial charge in [-0.1, -0.05) is 0 Å². The van der Waals surface area contributed by atoms with Crippen molar-refractivity contribution >= 4 is 6.09 Å². The van der Waals surface area contributed by atoms with E-state index in [-0.39, 0.29) is 12.1 Å². The highest BCUT2D eigenvalue weighted by Crippen LogP contribution is 2.19. The molecule has 0 unspecified atom stereocenters. The first kappa shape index (κ1) is 19.2. The molecule has 0 bridgehead atoms. The average molecular weight is 316 g/mol. The summed E-state index contributed by atoms with van der Waals surface area (Å²) in [5, 5.41) is 6.46. The molecule has 1 aliphatic rings. The highest BCUT2D eigenvalue weighted by Gasteiger charge is 2.24. The summed E-state index contributed by atoms with van der Waals surface area (Å²) in [4.78, 5) is 11.7. The van der Waals surface area contributed by atoms with E-state index in [1.54, 1.807) is 7.11 Å². The van der Waals surface area contributed by atoms with Crippen molar-refractivity contribution in [2.75, 3.05) is 33.5 Å². The van der Waals surface area contributed by atoms with E-state index in [4.69, 9.17) is 14.2 Å². The van der Waals surface area contributed by atoms with Crippen LogP contribution in [-0.2, 0) is 14.2 Å². The lowest BCUT2D eigenvalue weighted by Crippen LogP contribution is -2.44. The fourth-order valence-electron chi connectivity index (χ4n) is 2.50. The number of carbonyl (C=O) groups is 1. The van der Waals surface area contributed by atoms with E-state index in [0.29, 0.717) is 25.9 Å². The maximum atomic E-state index is 11.7. The van der Waals surface area contributed by atoms with Gasteiger partial charge in [-0.25, -0.2) is 4.79 Å². The van der Waals surface area contributed by atoms with Crippen molar-refractivity contribution in [1.82, 2.24) is 10.6 Å². The molecule has 6 heteroatoms. The first-order valence-corrected chi connectivity index (χ1v) is 8.20. The number of methoxy groups -OCH3 is 1. The Balaban J connectivity index is 2.07. The first-order valence-electron chi connectivity index (χ1n) is 8.20. The second kappa shape index (κ2) is 10.0. The molecule has 1 fully saturated rings. The van der Waals surface area contributed by atoms with Crippen LogP contribution < -0.4 is 10.6 Å². The van der Waals surface area contributed by atoms with Crippen LogP contribution in [0.3, 0.4) is 0 Å². The van der Waals surface area contributed by atoms with Crippen LogP contribution in [0.5, 0.6) is 0 Å². The number of rotatable bonds is 8. The normalized spacial score (nSPS) is 22.4. The Morgan fingerprint density at radius 2 is 1.68 bits per heavy atom. The lowest BCUT2D eigenvalue weighted by atomic mass is 9.91. The molecule has 0 aromatic carbocycles. The number of hydrogen-bond acceptors (Lipinski definition) is 5. The monoisotopic (exact) mass is 316 g/mol. The van der Waals surface area contributed by atoms with Gasteiger partial charge < -0.3 is 24.8 Å². The first-order chi connectivity index (χ1) is 10.4. The molecule has 22 heavy (non-hydrogen) atoms. The average Bonchev–Trinajstić information content (AvgIpc) is 2.42. The van der Waals surface area contributed by atoms with Crippen LogP contribution in [0.15, 0.2) is 0 Å². The summed E-state index contributed by atoms with van der Waals surface area (Å²) in [6, 6.07) is 0.744. The maximum Gasteiger partial charge on any atom is 0.407 e. The van der Waals surface area contributed by atoms with Crippen LogP contribution in [0.2, 0.25) is 0 Å². The Bertz CT molecular complexity index is 310. The summed E-state index contributed by atoms with van der Waals surface area (Å²) in [7, 11) is 1.67.